The summed E-state index contributed by atoms with van der Waals surface area (Å²) in [7, 11) is 0. The van der Waals surface area contributed by atoms with E-state index in [-0.39, 0.29) is 18.2 Å². The van der Waals surface area contributed by atoms with Crippen LogP contribution in [0.25, 0.3) is 0 Å². The summed E-state index contributed by atoms with van der Waals surface area (Å²) in [6.45, 7) is 4.86. The first-order chi connectivity index (χ1) is 16.1. The molecule has 0 spiro atoms. The van der Waals surface area contributed by atoms with Gasteiger partial charge in [0.15, 0.2) is 5.78 Å². The molecule has 5 heteroatoms. The number of rotatable bonds is 15. The molecule has 0 saturated heterocycles. The Hall–Kier alpha value is -3.13. The maximum absolute atomic E-state index is 12.9. The number of ketones is 1. The highest BCUT2D eigenvalue weighted by Gasteiger charge is 2.16. The zero-order valence-corrected chi connectivity index (χ0v) is 19.9. The van der Waals surface area contributed by atoms with Gasteiger partial charge in [0.05, 0.1) is 31.3 Å². The summed E-state index contributed by atoms with van der Waals surface area (Å²) in [6, 6.07) is 13.8. The molecule has 0 unspecified atom stereocenters. The Morgan fingerprint density at radius 1 is 0.879 bits per heavy atom. The van der Waals surface area contributed by atoms with Crippen LogP contribution < -0.4 is 4.74 Å². The fraction of sp³-hybridized carbons (Fsp3) is 0.464. The van der Waals surface area contributed by atoms with E-state index in [0.717, 1.165) is 12.8 Å². The number of benzene rings is 2. The zero-order valence-electron chi connectivity index (χ0n) is 19.9. The zero-order chi connectivity index (χ0) is 23.9. The first-order valence-electron chi connectivity index (χ1n) is 12.0. The number of hydrogen-bond acceptors (Lipinski definition) is 5. The molecule has 0 heterocycles. The van der Waals surface area contributed by atoms with Crippen molar-refractivity contribution >= 4 is 11.8 Å². The highest BCUT2D eigenvalue weighted by molar-refractivity contribution is 6.09. The lowest BCUT2D eigenvalue weighted by Gasteiger charge is -2.13. The number of esters is 1. The molecule has 0 bridgehead atoms. The highest BCUT2D eigenvalue weighted by atomic mass is 16.5. The summed E-state index contributed by atoms with van der Waals surface area (Å²) in [5, 5.41) is 9.10. The van der Waals surface area contributed by atoms with Crippen molar-refractivity contribution in [2.24, 2.45) is 0 Å². The lowest BCUT2D eigenvalue weighted by molar-refractivity contribution is -0.142. The lowest BCUT2D eigenvalue weighted by Crippen LogP contribution is -2.11. The van der Waals surface area contributed by atoms with Gasteiger partial charge in [-0.3, -0.25) is 9.59 Å². The van der Waals surface area contributed by atoms with Crippen LogP contribution >= 0.6 is 0 Å². The van der Waals surface area contributed by atoms with Crippen molar-refractivity contribution < 1.29 is 19.1 Å². The summed E-state index contributed by atoms with van der Waals surface area (Å²) < 4.78 is 11.1. The topological polar surface area (TPSA) is 76.4 Å². The predicted molar refractivity (Wildman–Crippen MR) is 129 cm³/mol. The molecule has 0 aliphatic carbocycles. The molecule has 176 valence electrons. The van der Waals surface area contributed by atoms with Crippen molar-refractivity contribution in [2.75, 3.05) is 13.2 Å². The van der Waals surface area contributed by atoms with Gasteiger partial charge in [-0.05, 0) is 43.7 Å². The second-order valence-electron chi connectivity index (χ2n) is 8.15. The molecule has 0 fully saturated rings. The van der Waals surface area contributed by atoms with Crippen LogP contribution in [0.15, 0.2) is 42.5 Å². The first-order valence-corrected chi connectivity index (χ1v) is 12.0. The van der Waals surface area contributed by atoms with Gasteiger partial charge in [-0.15, -0.1) is 0 Å². The second kappa shape index (κ2) is 14.8. The van der Waals surface area contributed by atoms with Gasteiger partial charge in [-0.25, -0.2) is 0 Å². The van der Waals surface area contributed by atoms with Crippen molar-refractivity contribution in [3.05, 3.63) is 64.7 Å². The van der Waals surface area contributed by atoms with Crippen LogP contribution in [0.2, 0.25) is 0 Å². The van der Waals surface area contributed by atoms with E-state index in [9.17, 15) is 9.59 Å². The van der Waals surface area contributed by atoms with E-state index < -0.39 is 0 Å². The summed E-state index contributed by atoms with van der Waals surface area (Å²) in [5.74, 6) is 0.0469. The molecule has 0 aliphatic rings. The second-order valence-corrected chi connectivity index (χ2v) is 8.15. The van der Waals surface area contributed by atoms with E-state index in [2.05, 4.69) is 13.0 Å². The Balaban J connectivity index is 2.03. The van der Waals surface area contributed by atoms with Crippen LogP contribution in [0, 0.1) is 11.3 Å². The normalized spacial score (nSPS) is 10.5. The van der Waals surface area contributed by atoms with Gasteiger partial charge >= 0.3 is 5.97 Å². The number of nitrogens with zero attached hydrogens (tertiary/aromatic N) is 1. The number of hydrogen-bond donors (Lipinski definition) is 0. The fourth-order valence-electron chi connectivity index (χ4n) is 3.68. The fourth-order valence-corrected chi connectivity index (χ4v) is 3.68. The Kier molecular flexibility index (Phi) is 11.7. The highest BCUT2D eigenvalue weighted by Crippen LogP contribution is 2.24. The van der Waals surface area contributed by atoms with Gasteiger partial charge in [0.25, 0.3) is 0 Å². The maximum Gasteiger partial charge on any atom is 0.310 e. The summed E-state index contributed by atoms with van der Waals surface area (Å²) >= 11 is 0. The van der Waals surface area contributed by atoms with E-state index in [1.165, 1.54) is 38.5 Å². The van der Waals surface area contributed by atoms with Crippen LogP contribution in [0.5, 0.6) is 5.75 Å². The van der Waals surface area contributed by atoms with Crippen LogP contribution in [-0.2, 0) is 16.0 Å². The summed E-state index contributed by atoms with van der Waals surface area (Å²) in [6.07, 6.45) is 9.77. The van der Waals surface area contributed by atoms with E-state index in [1.807, 2.05) is 0 Å². The monoisotopic (exact) mass is 449 g/mol. The summed E-state index contributed by atoms with van der Waals surface area (Å²) in [5.41, 5.74) is 1.95. The van der Waals surface area contributed by atoms with Crippen LogP contribution in [-0.4, -0.2) is 25.0 Å². The standard InChI is InChI=1S/C28H35NO4/c1-3-5-6-7-8-9-10-11-17-33-26-16-15-24(19-25(26)20-27(30)32-4-2)28(31)23-14-12-13-22(18-23)21-29/h12-16,18-19H,3-11,17,20H2,1-2H3. The van der Waals surface area contributed by atoms with Crippen molar-refractivity contribution in [3.63, 3.8) is 0 Å². The molecule has 2 aromatic rings. The number of unbranched alkanes of at least 4 members (excludes halogenated alkanes) is 7. The maximum atomic E-state index is 12.9. The number of ether oxygens (including phenoxy) is 2. The number of nitriles is 1. The van der Waals surface area contributed by atoms with Crippen molar-refractivity contribution in [3.8, 4) is 11.8 Å². The van der Waals surface area contributed by atoms with E-state index in [4.69, 9.17) is 14.7 Å². The van der Waals surface area contributed by atoms with Crippen molar-refractivity contribution in [1.29, 1.82) is 5.26 Å². The third-order valence-electron chi connectivity index (χ3n) is 5.47. The van der Waals surface area contributed by atoms with Crippen LogP contribution in [0.1, 0.15) is 92.3 Å². The van der Waals surface area contributed by atoms with Gasteiger partial charge in [0.1, 0.15) is 5.75 Å². The predicted octanol–water partition coefficient (Wildman–Crippen LogP) is 6.41. The Bertz CT molecular complexity index is 945. The first kappa shape index (κ1) is 26.1. The average Bonchev–Trinajstić information content (AvgIpc) is 2.83. The molecule has 0 aromatic heterocycles. The molecule has 0 amide bonds. The minimum Gasteiger partial charge on any atom is -0.493 e. The molecule has 5 nitrogen and oxygen atoms in total. The summed E-state index contributed by atoms with van der Waals surface area (Å²) in [4.78, 5) is 25.1. The molecular formula is C28H35NO4. The van der Waals surface area contributed by atoms with Gasteiger partial charge < -0.3 is 9.47 Å². The third kappa shape index (κ3) is 9.10. The largest absolute Gasteiger partial charge is 0.493 e. The van der Waals surface area contributed by atoms with E-state index in [1.54, 1.807) is 49.4 Å². The molecule has 0 saturated carbocycles. The smallest absolute Gasteiger partial charge is 0.310 e. The number of carbonyl (C=O) groups is 2. The molecule has 0 aliphatic heterocycles. The van der Waals surface area contributed by atoms with Gasteiger partial charge in [0, 0.05) is 16.7 Å². The van der Waals surface area contributed by atoms with Gasteiger partial charge in [-0.2, -0.15) is 5.26 Å². The molecule has 33 heavy (non-hydrogen) atoms. The van der Waals surface area contributed by atoms with Gasteiger partial charge in [-0.1, -0.05) is 64.0 Å². The van der Waals surface area contributed by atoms with Crippen LogP contribution in [0.3, 0.4) is 0 Å². The molecule has 2 aromatic carbocycles. The molecule has 0 N–H and O–H groups in total. The lowest BCUT2D eigenvalue weighted by atomic mass is 9.98. The molecule has 0 radical (unpaired) electrons. The Morgan fingerprint density at radius 2 is 1.58 bits per heavy atom. The Labute approximate surface area is 197 Å². The van der Waals surface area contributed by atoms with E-state index in [0.29, 0.717) is 41.2 Å². The minimum atomic E-state index is -0.356. The third-order valence-corrected chi connectivity index (χ3v) is 5.47. The Morgan fingerprint density at radius 3 is 2.27 bits per heavy atom. The average molecular weight is 450 g/mol. The van der Waals surface area contributed by atoms with Crippen molar-refractivity contribution in [2.45, 2.75) is 71.6 Å². The minimum absolute atomic E-state index is 0.0416. The van der Waals surface area contributed by atoms with Crippen molar-refractivity contribution in [1.82, 2.24) is 0 Å². The SMILES string of the molecule is CCCCCCCCCCOc1ccc(C(=O)c2cccc(C#N)c2)cc1CC(=O)OCC. The van der Waals surface area contributed by atoms with E-state index >= 15 is 0 Å². The number of carbonyl (C=O) groups excluding carboxylic acids is 2. The molecule has 2 rings (SSSR count). The quantitative estimate of drug-likeness (QED) is 0.178. The van der Waals surface area contributed by atoms with Crippen LogP contribution in [0.4, 0.5) is 0 Å². The molecule has 0 atom stereocenters. The van der Waals surface area contributed by atoms with Gasteiger partial charge in [0.2, 0.25) is 0 Å². The molecular weight excluding hydrogens is 414 g/mol.